The first-order chi connectivity index (χ1) is 17.9. The van der Waals surface area contributed by atoms with E-state index < -0.39 is 25.3 Å². The van der Waals surface area contributed by atoms with Crippen LogP contribution >= 0.6 is 18.6 Å². The van der Waals surface area contributed by atoms with Crippen LogP contribution in [0.4, 0.5) is 0 Å². The van der Waals surface area contributed by atoms with E-state index in [1.54, 1.807) is 0 Å². The van der Waals surface area contributed by atoms with E-state index in [1.807, 2.05) is 6.21 Å². The van der Waals surface area contributed by atoms with Gasteiger partial charge in [-0.2, -0.15) is 0 Å². The molecule has 0 radical (unpaired) electrons. The van der Waals surface area contributed by atoms with Crippen LogP contribution in [-0.4, -0.2) is 37.4 Å². The van der Waals surface area contributed by atoms with E-state index in [2.05, 4.69) is 117 Å². The molecule has 0 amide bonds. The second kappa shape index (κ2) is 12.7. The predicted octanol–water partition coefficient (Wildman–Crippen LogP) is 8.65. The Balaban J connectivity index is 0.000000804. The average molecular weight is 601 g/mol. The number of benzene rings is 1. The number of hydrogen-bond donors (Lipinski definition) is 0. The monoisotopic (exact) mass is 599 g/mol. The van der Waals surface area contributed by atoms with Gasteiger partial charge in [-0.25, -0.2) is 0 Å². The molecule has 38 heavy (non-hydrogen) atoms. The van der Waals surface area contributed by atoms with E-state index in [-0.39, 0.29) is 25.8 Å². The average Bonchev–Trinajstić information content (AvgIpc) is 3.47. The van der Waals surface area contributed by atoms with Crippen LogP contribution in [0.1, 0.15) is 19.4 Å². The van der Waals surface area contributed by atoms with E-state index in [1.165, 1.54) is 11.1 Å². The number of rotatable bonds is 4. The van der Waals surface area contributed by atoms with Gasteiger partial charge in [0.05, 0.1) is 6.17 Å². The third kappa shape index (κ3) is 5.35. The molecule has 1 saturated carbocycles. The number of hydrogen-bond acceptors (Lipinski definition) is 2. The fourth-order valence-electron chi connectivity index (χ4n) is 7.54. The van der Waals surface area contributed by atoms with Gasteiger partial charge in [-0.05, 0) is 40.9 Å². The van der Waals surface area contributed by atoms with Crippen LogP contribution < -0.4 is 0 Å². The maximum absolute atomic E-state index is 5.51. The summed E-state index contributed by atoms with van der Waals surface area (Å²) in [5, 5.41) is 5.51. The molecule has 5 aliphatic rings. The second-order valence-corrected chi connectivity index (χ2v) is 18.5. The second-order valence-electron chi connectivity index (χ2n) is 11.5. The maximum atomic E-state index is 5.51. The number of nitrogens with zero attached hydrogens (tertiary/aromatic N) is 3. The van der Waals surface area contributed by atoms with Crippen molar-refractivity contribution in [1.82, 2.24) is 4.57 Å². The number of allylic oxidation sites excluding steroid dienone is 9. The van der Waals surface area contributed by atoms with Crippen LogP contribution in [0.5, 0.6) is 0 Å². The summed E-state index contributed by atoms with van der Waals surface area (Å²) in [4.78, 5) is 5.13. The minimum absolute atomic E-state index is 0. The first kappa shape index (κ1) is 30.0. The van der Waals surface area contributed by atoms with Crippen LogP contribution in [0, 0.1) is 37.0 Å². The van der Waals surface area contributed by atoms with Crippen molar-refractivity contribution < 1.29 is 17.0 Å². The Morgan fingerprint density at radius 1 is 0.895 bits per heavy atom. The third-order valence-electron chi connectivity index (χ3n) is 8.88. The van der Waals surface area contributed by atoms with Gasteiger partial charge in [-0.3, -0.25) is 4.99 Å². The van der Waals surface area contributed by atoms with Gasteiger partial charge < -0.3 is 17.3 Å². The quantitative estimate of drug-likeness (QED) is 0.251. The van der Waals surface area contributed by atoms with Gasteiger partial charge in [0, 0.05) is 6.21 Å². The summed E-state index contributed by atoms with van der Waals surface area (Å²) in [6.45, 7) is 9.90. The van der Waals surface area contributed by atoms with Crippen molar-refractivity contribution in [3.05, 3.63) is 103 Å². The Hall–Kier alpha value is -0.979. The topological polar surface area (TPSA) is 29.7 Å². The van der Waals surface area contributed by atoms with Crippen LogP contribution in [0.2, 0.25) is 18.6 Å². The Morgan fingerprint density at radius 2 is 1.42 bits per heavy atom. The van der Waals surface area contributed by atoms with Crippen molar-refractivity contribution >= 4 is 38.6 Å². The summed E-state index contributed by atoms with van der Waals surface area (Å²) < 4.78 is 2.83. The van der Waals surface area contributed by atoms with Gasteiger partial charge >= 0.3 is 35.6 Å². The van der Waals surface area contributed by atoms with E-state index in [4.69, 9.17) is 28.9 Å². The Labute approximate surface area is 247 Å². The van der Waals surface area contributed by atoms with Crippen molar-refractivity contribution in [1.29, 1.82) is 0 Å². The molecule has 0 bridgehead atoms. The zero-order valence-corrected chi connectivity index (χ0v) is 27.0. The predicted molar refractivity (Wildman–Crippen MR) is 164 cm³/mol. The summed E-state index contributed by atoms with van der Waals surface area (Å²) in [7, 11) is 7.79. The molecule has 3 nitrogen and oxygen atoms in total. The first-order valence-electron chi connectivity index (χ1n) is 13.3. The van der Waals surface area contributed by atoms with Gasteiger partial charge in [0.15, 0.2) is 0 Å². The van der Waals surface area contributed by atoms with Crippen LogP contribution in [0.25, 0.3) is 10.9 Å². The molecular weight excluding hydrogens is 561 g/mol. The fraction of sp³-hybridized carbons (Fsp3) is 0.419. The van der Waals surface area contributed by atoms with Gasteiger partial charge in [0.25, 0.3) is 0 Å². The summed E-state index contributed by atoms with van der Waals surface area (Å²) >= 11 is -0.556. The molecular formula is C31H39Cl2N3SiTi-2. The van der Waals surface area contributed by atoms with E-state index >= 15 is 0 Å². The molecule has 0 aromatic heterocycles. The molecule has 7 heteroatoms. The summed E-state index contributed by atoms with van der Waals surface area (Å²) in [6.07, 6.45) is 23.6. The molecule has 1 saturated heterocycles. The van der Waals surface area contributed by atoms with Crippen molar-refractivity contribution in [3.8, 4) is 0 Å². The zero-order chi connectivity index (χ0) is 26.2. The molecule has 2 fully saturated rings. The molecule has 0 spiro atoms. The summed E-state index contributed by atoms with van der Waals surface area (Å²) in [5.41, 5.74) is 3.24. The number of fused-ring (bicyclic) bond motifs is 4. The van der Waals surface area contributed by atoms with Crippen LogP contribution in [-0.2, 0) is 17.0 Å². The molecule has 2 heterocycles. The third-order valence-corrected chi connectivity index (χ3v) is 13.1. The van der Waals surface area contributed by atoms with Crippen LogP contribution in [0.3, 0.4) is 0 Å². The Bertz CT molecular complexity index is 1110. The van der Waals surface area contributed by atoms with E-state index in [0.717, 1.165) is 0 Å². The molecule has 3 aliphatic carbocycles. The van der Waals surface area contributed by atoms with Crippen molar-refractivity contribution in [2.75, 3.05) is 0 Å². The molecule has 0 N–H and O–H groups in total. The van der Waals surface area contributed by atoms with E-state index in [9.17, 15) is 0 Å². The Morgan fingerprint density at radius 3 is 1.95 bits per heavy atom. The van der Waals surface area contributed by atoms with Gasteiger partial charge in [-0.15, -0.1) is 0 Å². The zero-order valence-electron chi connectivity index (χ0n) is 23.0. The summed E-state index contributed by atoms with van der Waals surface area (Å²) in [6, 6.07) is 10.9. The Kier molecular flexibility index (Phi) is 10.0. The van der Waals surface area contributed by atoms with Gasteiger partial charge in [0.1, 0.15) is 8.24 Å². The number of dihydropyridines is 1. The van der Waals surface area contributed by atoms with Gasteiger partial charge in [-0.1, -0.05) is 130 Å². The molecule has 1 aromatic carbocycles. The molecule has 6 rings (SSSR count). The standard InChI is InChI=1S/C30H36N3Si.CH3.2ClH.Ti/c1-20(2)29-32-27-22(21-12-6-5-7-13-21)18-19-31-30(27)33(29)34(3,4)28-25-16-10-8-14-23(25)24-15-9-11-17-26(24)28;;;;/h5-20,23-30H,1-4H3;1H3;2*1H;/q2*-1;;;+2/p-2/t23?,24?,25?,26?,27?,28?,29-,30-;;;;/m0..../s1. The number of halogens is 2. The van der Waals surface area contributed by atoms with Gasteiger partial charge in [0.2, 0.25) is 0 Å². The van der Waals surface area contributed by atoms with E-state index in [0.29, 0.717) is 35.1 Å². The first-order valence-corrected chi connectivity index (χ1v) is 20.7. The number of aliphatic imine (C=N–C) groups is 1. The molecule has 2 aliphatic heterocycles. The molecule has 7 atom stereocenters. The minimum atomic E-state index is -1.99. The van der Waals surface area contributed by atoms with Crippen LogP contribution in [0.15, 0.2) is 90.0 Å². The normalized spacial score (nSPS) is 34.6. The molecule has 5 unspecified atom stereocenters. The van der Waals surface area contributed by atoms with Crippen molar-refractivity contribution in [2.45, 2.75) is 50.9 Å². The molecule has 1 aromatic rings. The summed E-state index contributed by atoms with van der Waals surface area (Å²) in [5.74, 6) is 2.86. The van der Waals surface area contributed by atoms with Crippen molar-refractivity contribution in [2.24, 2.45) is 34.6 Å². The fourth-order valence-corrected chi connectivity index (χ4v) is 12.4. The SMILES string of the molecule is CC(C)[C@H]1[N-]C2C(c3ccccc3)=CC=N[C@H]2N1[Si](C)(C)C1C2C=CC=CC2C2C=CC=CC21.[CH3-].[Cl][Ti][Cl]. The van der Waals surface area contributed by atoms with Crippen molar-refractivity contribution in [3.63, 3.8) is 0 Å². The molecule has 202 valence electrons.